The summed E-state index contributed by atoms with van der Waals surface area (Å²) in [6.45, 7) is 1.81. The number of halogens is 3. The minimum absolute atomic E-state index is 0.0621. The molecule has 3 nitrogen and oxygen atoms in total. The molecule has 1 aromatic carbocycles. The number of aromatic nitrogens is 2. The van der Waals surface area contributed by atoms with Gasteiger partial charge in [0.05, 0.1) is 23.0 Å². The Bertz CT molecular complexity index is 620. The largest absolute Gasteiger partial charge is 0.416 e. The molecule has 0 bridgehead atoms. The molecule has 0 amide bonds. The van der Waals surface area contributed by atoms with E-state index in [4.69, 9.17) is 5.26 Å². The van der Waals surface area contributed by atoms with E-state index in [0.717, 1.165) is 17.7 Å². The average molecular weight is 251 g/mol. The Labute approximate surface area is 101 Å². The summed E-state index contributed by atoms with van der Waals surface area (Å²) >= 11 is 0. The fourth-order valence-corrected chi connectivity index (χ4v) is 1.55. The number of rotatable bonds is 1. The van der Waals surface area contributed by atoms with Crippen LogP contribution in [0.5, 0.6) is 0 Å². The number of hydrogen-bond donors (Lipinski definition) is 0. The van der Waals surface area contributed by atoms with Crippen molar-refractivity contribution in [3.63, 3.8) is 0 Å². The molecule has 0 fully saturated rings. The van der Waals surface area contributed by atoms with Crippen molar-refractivity contribution in [3.8, 4) is 11.8 Å². The second-order valence-electron chi connectivity index (χ2n) is 3.80. The van der Waals surface area contributed by atoms with Gasteiger partial charge in [0.1, 0.15) is 6.07 Å². The van der Waals surface area contributed by atoms with Crippen LogP contribution in [0.3, 0.4) is 0 Å². The number of nitrogens with zero attached hydrogens (tertiary/aromatic N) is 3. The first-order chi connectivity index (χ1) is 8.41. The highest BCUT2D eigenvalue weighted by Crippen LogP contribution is 2.31. The molecule has 2 rings (SSSR count). The Morgan fingerprint density at radius 2 is 2.06 bits per heavy atom. The van der Waals surface area contributed by atoms with Gasteiger partial charge in [0.15, 0.2) is 0 Å². The predicted octanol–water partition coefficient (Wildman–Crippen LogP) is 3.07. The fraction of sp³-hybridized carbons (Fsp3) is 0.167. The summed E-state index contributed by atoms with van der Waals surface area (Å²) in [5.41, 5.74) is 0.289. The molecule has 6 heteroatoms. The standard InChI is InChI=1S/C12H8F3N3/c1-8-6-17-18(7-8)11-3-2-10(12(13,14)15)4-9(11)5-16/h2-4,6-7H,1H3. The molecule has 1 heterocycles. The highest BCUT2D eigenvalue weighted by Gasteiger charge is 2.31. The Morgan fingerprint density at radius 1 is 1.33 bits per heavy atom. The minimum atomic E-state index is -4.45. The first-order valence-corrected chi connectivity index (χ1v) is 5.05. The second kappa shape index (κ2) is 4.18. The third-order valence-electron chi connectivity index (χ3n) is 2.40. The maximum Gasteiger partial charge on any atom is 0.416 e. The van der Waals surface area contributed by atoms with E-state index in [0.29, 0.717) is 5.69 Å². The summed E-state index contributed by atoms with van der Waals surface area (Å²) in [5, 5.41) is 12.9. The van der Waals surface area contributed by atoms with Crippen molar-refractivity contribution in [2.24, 2.45) is 0 Å². The lowest BCUT2D eigenvalue weighted by Crippen LogP contribution is -2.07. The summed E-state index contributed by atoms with van der Waals surface area (Å²) in [7, 11) is 0. The average Bonchev–Trinajstić information content (AvgIpc) is 2.73. The van der Waals surface area contributed by atoms with Gasteiger partial charge in [-0.25, -0.2) is 4.68 Å². The monoisotopic (exact) mass is 251 g/mol. The maximum atomic E-state index is 12.5. The van der Waals surface area contributed by atoms with Gasteiger partial charge in [-0.1, -0.05) is 0 Å². The molecule has 18 heavy (non-hydrogen) atoms. The van der Waals surface area contributed by atoms with E-state index in [-0.39, 0.29) is 5.56 Å². The van der Waals surface area contributed by atoms with Crippen molar-refractivity contribution in [2.45, 2.75) is 13.1 Å². The summed E-state index contributed by atoms with van der Waals surface area (Å²) in [4.78, 5) is 0. The van der Waals surface area contributed by atoms with Gasteiger partial charge >= 0.3 is 6.18 Å². The van der Waals surface area contributed by atoms with Crippen LogP contribution in [0.1, 0.15) is 16.7 Å². The molecule has 0 aliphatic heterocycles. The van der Waals surface area contributed by atoms with Crippen LogP contribution in [0.25, 0.3) is 5.69 Å². The molecule has 0 atom stereocenters. The van der Waals surface area contributed by atoms with Crippen molar-refractivity contribution in [3.05, 3.63) is 47.3 Å². The van der Waals surface area contributed by atoms with Gasteiger partial charge in [-0.15, -0.1) is 0 Å². The van der Waals surface area contributed by atoms with Crippen molar-refractivity contribution in [2.75, 3.05) is 0 Å². The van der Waals surface area contributed by atoms with Gasteiger partial charge in [0.25, 0.3) is 0 Å². The van der Waals surface area contributed by atoms with Crippen LogP contribution in [0, 0.1) is 18.3 Å². The maximum absolute atomic E-state index is 12.5. The number of benzene rings is 1. The van der Waals surface area contributed by atoms with E-state index in [1.807, 2.05) is 0 Å². The molecular formula is C12H8F3N3. The SMILES string of the molecule is Cc1cnn(-c2ccc(C(F)(F)F)cc2C#N)c1. The minimum Gasteiger partial charge on any atom is -0.239 e. The summed E-state index contributed by atoms with van der Waals surface area (Å²) < 4.78 is 38.9. The first kappa shape index (κ1) is 12.2. The van der Waals surface area contributed by atoms with Crippen molar-refractivity contribution in [1.82, 2.24) is 9.78 Å². The highest BCUT2D eigenvalue weighted by atomic mass is 19.4. The van der Waals surface area contributed by atoms with Crippen molar-refractivity contribution < 1.29 is 13.2 Å². The van der Waals surface area contributed by atoms with E-state index >= 15 is 0 Å². The fourth-order valence-electron chi connectivity index (χ4n) is 1.55. The topological polar surface area (TPSA) is 41.6 Å². The third kappa shape index (κ3) is 2.20. The molecule has 0 N–H and O–H groups in total. The summed E-state index contributed by atoms with van der Waals surface area (Å²) in [6.07, 6.45) is -1.24. The van der Waals surface area contributed by atoms with Crippen LogP contribution in [-0.2, 0) is 6.18 Å². The van der Waals surface area contributed by atoms with Crippen LogP contribution in [0.4, 0.5) is 13.2 Å². The van der Waals surface area contributed by atoms with Gasteiger partial charge in [-0.2, -0.15) is 23.5 Å². The molecule has 0 saturated heterocycles. The zero-order chi connectivity index (χ0) is 13.3. The molecule has 0 aliphatic rings. The summed E-state index contributed by atoms with van der Waals surface area (Å²) in [6, 6.07) is 4.76. The molecule has 0 unspecified atom stereocenters. The molecule has 1 aromatic heterocycles. The second-order valence-corrected chi connectivity index (χ2v) is 3.80. The summed E-state index contributed by atoms with van der Waals surface area (Å²) in [5.74, 6) is 0. The van der Waals surface area contributed by atoms with Crippen LogP contribution < -0.4 is 0 Å². The number of nitriles is 1. The number of aryl methyl sites for hydroxylation is 1. The molecule has 0 aliphatic carbocycles. The Morgan fingerprint density at radius 3 is 2.56 bits per heavy atom. The highest BCUT2D eigenvalue weighted by molar-refractivity contribution is 5.50. The lowest BCUT2D eigenvalue weighted by atomic mass is 10.1. The molecule has 0 spiro atoms. The van der Waals surface area contributed by atoms with E-state index in [1.54, 1.807) is 25.4 Å². The molecule has 2 aromatic rings. The van der Waals surface area contributed by atoms with Crippen LogP contribution in [-0.4, -0.2) is 9.78 Å². The predicted molar refractivity (Wildman–Crippen MR) is 58.0 cm³/mol. The molecule has 0 radical (unpaired) electrons. The van der Waals surface area contributed by atoms with Crippen molar-refractivity contribution >= 4 is 0 Å². The van der Waals surface area contributed by atoms with E-state index in [1.165, 1.54) is 10.7 Å². The Kier molecular flexibility index (Phi) is 2.83. The Hall–Kier alpha value is -2.29. The van der Waals surface area contributed by atoms with Crippen LogP contribution >= 0.6 is 0 Å². The van der Waals surface area contributed by atoms with Gasteiger partial charge in [-0.05, 0) is 30.7 Å². The number of alkyl halides is 3. The van der Waals surface area contributed by atoms with E-state index < -0.39 is 11.7 Å². The first-order valence-electron chi connectivity index (χ1n) is 5.05. The van der Waals surface area contributed by atoms with Gasteiger partial charge in [0, 0.05) is 6.20 Å². The lowest BCUT2D eigenvalue weighted by molar-refractivity contribution is -0.137. The van der Waals surface area contributed by atoms with Crippen LogP contribution in [0.2, 0.25) is 0 Å². The quantitative estimate of drug-likeness (QED) is 0.781. The van der Waals surface area contributed by atoms with Crippen molar-refractivity contribution in [1.29, 1.82) is 5.26 Å². The molecule has 0 saturated carbocycles. The number of hydrogen-bond acceptors (Lipinski definition) is 2. The van der Waals surface area contributed by atoms with Gasteiger partial charge in [0.2, 0.25) is 0 Å². The third-order valence-corrected chi connectivity index (χ3v) is 2.40. The molecule has 92 valence electrons. The van der Waals surface area contributed by atoms with Crippen LogP contribution in [0.15, 0.2) is 30.6 Å². The van der Waals surface area contributed by atoms with E-state index in [2.05, 4.69) is 5.10 Å². The van der Waals surface area contributed by atoms with E-state index in [9.17, 15) is 13.2 Å². The smallest absolute Gasteiger partial charge is 0.239 e. The van der Waals surface area contributed by atoms with Gasteiger partial charge < -0.3 is 0 Å². The Balaban J connectivity index is 2.55. The zero-order valence-electron chi connectivity index (χ0n) is 9.36. The lowest BCUT2D eigenvalue weighted by Gasteiger charge is -2.09. The normalized spacial score (nSPS) is 11.3. The zero-order valence-corrected chi connectivity index (χ0v) is 9.36. The van der Waals surface area contributed by atoms with Gasteiger partial charge in [-0.3, -0.25) is 0 Å². The molecular weight excluding hydrogens is 243 g/mol.